The van der Waals surface area contributed by atoms with Crippen molar-refractivity contribution >= 4 is 5.78 Å². The Balaban J connectivity index is 2.57. The third kappa shape index (κ3) is 1.37. The van der Waals surface area contributed by atoms with Crippen molar-refractivity contribution in [1.29, 1.82) is 0 Å². The molecule has 0 spiro atoms. The molecule has 0 aromatic rings. The highest BCUT2D eigenvalue weighted by molar-refractivity contribution is 5.83. The third-order valence-corrected chi connectivity index (χ3v) is 2.28. The lowest BCUT2D eigenvalue weighted by Crippen LogP contribution is -3.12. The van der Waals surface area contributed by atoms with Crippen molar-refractivity contribution in [3.63, 3.8) is 0 Å². The molecule has 0 radical (unpaired) electrons. The minimum atomic E-state index is 0.281. The summed E-state index contributed by atoms with van der Waals surface area (Å²) < 4.78 is 0. The molecule has 1 rings (SSSR count). The topological polar surface area (TPSA) is 21.5 Å². The molecule has 1 N–H and O–H groups in total. The number of nitrogens with one attached hydrogen (secondary N) is 1. The van der Waals surface area contributed by atoms with Crippen molar-refractivity contribution in [2.24, 2.45) is 11.8 Å². The van der Waals surface area contributed by atoms with Crippen LogP contribution in [0.25, 0.3) is 0 Å². The summed E-state index contributed by atoms with van der Waals surface area (Å²) >= 11 is 0. The standard InChI is InChI=1S/C8H15NO/c1-6-4-9(3)5-7(2)8(6)10/h6-7H,4-5H2,1-3H3/p+1/t6-,7-/m0/s1. The number of piperidine rings is 1. The first-order valence-electron chi connectivity index (χ1n) is 3.96. The van der Waals surface area contributed by atoms with Gasteiger partial charge in [-0.25, -0.2) is 0 Å². The molecular weight excluding hydrogens is 126 g/mol. The maximum absolute atomic E-state index is 11.3. The Morgan fingerprint density at radius 2 is 1.70 bits per heavy atom. The van der Waals surface area contributed by atoms with Crippen molar-refractivity contribution < 1.29 is 9.69 Å². The van der Waals surface area contributed by atoms with Gasteiger partial charge < -0.3 is 4.90 Å². The fourth-order valence-corrected chi connectivity index (χ4v) is 1.82. The number of hydrogen-bond acceptors (Lipinski definition) is 1. The quantitative estimate of drug-likeness (QED) is 0.477. The van der Waals surface area contributed by atoms with Crippen LogP contribution in [0.2, 0.25) is 0 Å². The monoisotopic (exact) mass is 142 g/mol. The van der Waals surface area contributed by atoms with Crippen LogP contribution in [0, 0.1) is 11.8 Å². The summed E-state index contributed by atoms with van der Waals surface area (Å²) in [6, 6.07) is 0. The van der Waals surface area contributed by atoms with Gasteiger partial charge in [-0.15, -0.1) is 0 Å². The first-order valence-corrected chi connectivity index (χ1v) is 3.96. The molecule has 1 aliphatic rings. The summed E-state index contributed by atoms with van der Waals surface area (Å²) in [5.41, 5.74) is 0. The second-order valence-corrected chi connectivity index (χ2v) is 3.57. The van der Waals surface area contributed by atoms with Gasteiger partial charge in [-0.2, -0.15) is 0 Å². The zero-order valence-corrected chi connectivity index (χ0v) is 6.98. The Hall–Kier alpha value is -0.370. The zero-order valence-electron chi connectivity index (χ0n) is 6.98. The van der Waals surface area contributed by atoms with Gasteiger partial charge in [-0.05, 0) is 0 Å². The maximum Gasteiger partial charge on any atom is 0.149 e. The molecule has 0 aliphatic carbocycles. The summed E-state index contributed by atoms with van der Waals surface area (Å²) in [4.78, 5) is 12.7. The van der Waals surface area contributed by atoms with Crippen LogP contribution < -0.4 is 4.90 Å². The average molecular weight is 142 g/mol. The molecule has 2 heteroatoms. The molecule has 1 fully saturated rings. The Morgan fingerprint density at radius 1 is 1.30 bits per heavy atom. The van der Waals surface area contributed by atoms with Crippen molar-refractivity contribution in [2.45, 2.75) is 13.8 Å². The largest absolute Gasteiger partial charge is 0.336 e. The highest BCUT2D eigenvalue weighted by atomic mass is 16.1. The van der Waals surface area contributed by atoms with E-state index in [1.54, 1.807) is 0 Å². The van der Waals surface area contributed by atoms with Crippen LogP contribution in [-0.4, -0.2) is 25.9 Å². The van der Waals surface area contributed by atoms with Gasteiger partial charge in [0.2, 0.25) is 0 Å². The van der Waals surface area contributed by atoms with Gasteiger partial charge in [-0.3, -0.25) is 4.79 Å². The van der Waals surface area contributed by atoms with Crippen LogP contribution in [0.5, 0.6) is 0 Å². The smallest absolute Gasteiger partial charge is 0.149 e. The number of quaternary nitrogens is 1. The Labute approximate surface area is 62.2 Å². The minimum Gasteiger partial charge on any atom is -0.336 e. The van der Waals surface area contributed by atoms with E-state index < -0.39 is 0 Å². The van der Waals surface area contributed by atoms with E-state index in [0.29, 0.717) is 5.78 Å². The number of ketones is 1. The molecule has 58 valence electrons. The molecule has 2 nitrogen and oxygen atoms in total. The van der Waals surface area contributed by atoms with E-state index in [1.807, 2.05) is 13.8 Å². The minimum absolute atomic E-state index is 0.281. The predicted octanol–water partition coefficient (Wildman–Crippen LogP) is -0.644. The van der Waals surface area contributed by atoms with Gasteiger partial charge in [0.25, 0.3) is 0 Å². The van der Waals surface area contributed by atoms with Gasteiger partial charge in [0, 0.05) is 0 Å². The summed E-state index contributed by atoms with van der Waals surface area (Å²) in [6.45, 7) is 6.09. The van der Waals surface area contributed by atoms with E-state index in [2.05, 4.69) is 7.05 Å². The lowest BCUT2D eigenvalue weighted by molar-refractivity contribution is -0.887. The summed E-state index contributed by atoms with van der Waals surface area (Å²) in [6.07, 6.45) is 0. The predicted molar refractivity (Wildman–Crippen MR) is 40.0 cm³/mol. The van der Waals surface area contributed by atoms with Crippen LogP contribution in [0.4, 0.5) is 0 Å². The van der Waals surface area contributed by atoms with Gasteiger partial charge in [0.1, 0.15) is 5.78 Å². The fraction of sp³-hybridized carbons (Fsp3) is 0.875. The van der Waals surface area contributed by atoms with E-state index in [0.717, 1.165) is 13.1 Å². The maximum atomic E-state index is 11.3. The normalized spacial score (nSPS) is 41.9. The third-order valence-electron chi connectivity index (χ3n) is 2.28. The summed E-state index contributed by atoms with van der Waals surface area (Å²) in [5, 5.41) is 0. The molecule has 1 aliphatic heterocycles. The Kier molecular flexibility index (Phi) is 2.09. The van der Waals surface area contributed by atoms with Crippen molar-refractivity contribution in [3.05, 3.63) is 0 Å². The molecule has 10 heavy (non-hydrogen) atoms. The number of carbonyl (C=O) groups is 1. The number of likely N-dealkylation sites (tertiary alicyclic amines) is 1. The second-order valence-electron chi connectivity index (χ2n) is 3.57. The Morgan fingerprint density at radius 3 is 2.10 bits per heavy atom. The fourth-order valence-electron chi connectivity index (χ4n) is 1.82. The second kappa shape index (κ2) is 2.70. The summed E-state index contributed by atoms with van der Waals surface area (Å²) in [7, 11) is 2.15. The molecule has 2 atom stereocenters. The van der Waals surface area contributed by atoms with Crippen molar-refractivity contribution in [1.82, 2.24) is 0 Å². The molecule has 0 unspecified atom stereocenters. The van der Waals surface area contributed by atoms with Crippen LogP contribution in [0.1, 0.15) is 13.8 Å². The van der Waals surface area contributed by atoms with E-state index in [9.17, 15) is 4.79 Å². The Bertz CT molecular complexity index is 130. The van der Waals surface area contributed by atoms with Crippen molar-refractivity contribution in [2.75, 3.05) is 20.1 Å². The first kappa shape index (κ1) is 7.73. The van der Waals surface area contributed by atoms with Crippen LogP contribution in [0.3, 0.4) is 0 Å². The molecule has 0 bridgehead atoms. The highest BCUT2D eigenvalue weighted by Crippen LogP contribution is 2.06. The van der Waals surface area contributed by atoms with Gasteiger partial charge in [-0.1, -0.05) is 13.8 Å². The van der Waals surface area contributed by atoms with E-state index in [4.69, 9.17) is 0 Å². The van der Waals surface area contributed by atoms with Gasteiger partial charge >= 0.3 is 0 Å². The number of Topliss-reactive ketones (excluding diaryl/α,β-unsaturated/α-hetero) is 1. The average Bonchev–Trinajstić information content (AvgIpc) is 1.82. The van der Waals surface area contributed by atoms with Gasteiger partial charge in [0.05, 0.1) is 32.0 Å². The molecule has 0 aromatic carbocycles. The zero-order chi connectivity index (χ0) is 7.72. The van der Waals surface area contributed by atoms with Crippen LogP contribution in [-0.2, 0) is 4.79 Å². The van der Waals surface area contributed by atoms with E-state index in [1.165, 1.54) is 4.90 Å². The highest BCUT2D eigenvalue weighted by Gasteiger charge is 2.30. The molecule has 1 heterocycles. The SMILES string of the molecule is C[C@H]1C[NH+](C)C[C@H](C)C1=O. The number of hydrogen-bond donors (Lipinski definition) is 1. The van der Waals surface area contributed by atoms with Crippen LogP contribution in [0.15, 0.2) is 0 Å². The molecule has 0 aromatic heterocycles. The van der Waals surface area contributed by atoms with Crippen LogP contribution >= 0.6 is 0 Å². The first-order chi connectivity index (χ1) is 4.61. The summed E-state index contributed by atoms with van der Waals surface area (Å²) in [5.74, 6) is 1.01. The lowest BCUT2D eigenvalue weighted by atomic mass is 9.91. The molecular formula is C8H16NO+. The molecule has 1 saturated heterocycles. The van der Waals surface area contributed by atoms with E-state index >= 15 is 0 Å². The number of carbonyl (C=O) groups excluding carboxylic acids is 1. The van der Waals surface area contributed by atoms with E-state index in [-0.39, 0.29) is 11.8 Å². The number of rotatable bonds is 0. The molecule has 0 amide bonds. The molecule has 0 saturated carbocycles. The lowest BCUT2D eigenvalue weighted by Gasteiger charge is -2.27. The van der Waals surface area contributed by atoms with Gasteiger partial charge in [0.15, 0.2) is 0 Å². The van der Waals surface area contributed by atoms with Crippen molar-refractivity contribution in [3.8, 4) is 0 Å².